The molecule has 0 spiro atoms. The first-order valence-corrected chi connectivity index (χ1v) is 48.8. The van der Waals surface area contributed by atoms with Gasteiger partial charge in [0.15, 0.2) is 35.1 Å². The topological polar surface area (TPSA) is 427 Å². The van der Waals surface area contributed by atoms with Crippen molar-refractivity contribution in [3.63, 3.8) is 0 Å². The summed E-state index contributed by atoms with van der Waals surface area (Å²) in [7, 11) is -40.8. The number of rotatable bonds is 48. The van der Waals surface area contributed by atoms with Crippen LogP contribution in [0.25, 0.3) is 0 Å². The van der Waals surface area contributed by atoms with Crippen molar-refractivity contribution in [1.29, 1.82) is 0 Å². The van der Waals surface area contributed by atoms with Crippen molar-refractivity contribution in [2.24, 2.45) is 13.5 Å². The lowest BCUT2D eigenvalue weighted by molar-refractivity contribution is 0.150. The number of benzene rings is 6. The fourth-order valence-corrected chi connectivity index (χ4v) is 28.9. The Morgan fingerprint density at radius 1 is 0.222 bits per heavy atom. The Morgan fingerprint density at radius 3 is 0.417 bits per heavy atom. The monoisotopic (exact) mass is 1690 g/mol. The van der Waals surface area contributed by atoms with Crippen LogP contribution in [0.5, 0.6) is 34.5 Å². The Hall–Kier alpha value is -4.53. The second-order valence-corrected chi connectivity index (χ2v) is 40.9. The lowest BCUT2D eigenvalue weighted by atomic mass is 10.2. The van der Waals surface area contributed by atoms with Crippen LogP contribution in [-0.2, 0) is 81.7 Å². The molecule has 1 aliphatic heterocycles. The molecule has 6 aromatic rings. The average molecular weight is 1690 g/mol. The maximum atomic E-state index is 14.1. The highest BCUT2D eigenvalue weighted by molar-refractivity contribution is 7.79. The molecule has 0 aliphatic carbocycles. The standard InChI is InChI=1S/C66H96N3O30P9/c1-13-82-100(76,83-14-2)61(70)49-25-37-55(38-26-49)94-106(95-56-39-27-50(28-40-56)62(71)101(77,84-15-3)85-16-4)67-107(96-57-41-29-51(30-42-57)63(72)102(78,86-17-5)87-18-6,97-58-43-31-52(32-44-58)64(73)103(79,88-19-7)89-20-8)69-108(68-106,98-59-45-33-53(34-46-59)65(74)104(80,90-21-9)91-22-10)99-60-47-35-54(36-48-60)66(75)105(81,92-23-11)93-24-12/h25-48,61-66,70-75H,13-24H2,1-12H3. The number of aliphatic hydroxyl groups excluding tert-OH is 6. The summed E-state index contributed by atoms with van der Waals surface area (Å²) in [4.78, 5) is 0. The molecule has 7 rings (SSSR count). The van der Waals surface area contributed by atoms with Gasteiger partial charge in [0.05, 0.1) is 79.3 Å². The van der Waals surface area contributed by atoms with E-state index in [1.165, 1.54) is 146 Å². The van der Waals surface area contributed by atoms with Crippen LogP contribution >= 0.6 is 68.6 Å². The molecule has 6 N–H and O–H groups in total. The van der Waals surface area contributed by atoms with Crippen LogP contribution in [0.3, 0.4) is 0 Å². The smallest absolute Gasteiger partial charge is 0.413 e. The minimum Gasteiger partial charge on any atom is -0.413 e. The molecule has 6 aromatic carbocycles. The molecule has 0 radical (unpaired) electrons. The number of hydrogen-bond donors (Lipinski definition) is 6. The van der Waals surface area contributed by atoms with E-state index in [-0.39, 0.29) is 147 Å². The molecule has 1 aliphatic rings. The third-order valence-electron chi connectivity index (χ3n) is 14.6. The molecule has 0 aromatic heterocycles. The molecule has 0 saturated heterocycles. The fraction of sp³-hybridized carbons (Fsp3) is 0.455. The maximum Gasteiger partial charge on any atom is 0.460 e. The van der Waals surface area contributed by atoms with E-state index in [2.05, 4.69) is 0 Å². The van der Waals surface area contributed by atoms with Gasteiger partial charge in [-0.1, -0.05) is 86.3 Å². The maximum absolute atomic E-state index is 14.1. The molecule has 42 heteroatoms. The summed E-state index contributed by atoms with van der Waals surface area (Å²) in [5.74, 6) is -12.2. The van der Waals surface area contributed by atoms with Gasteiger partial charge in [-0.2, -0.15) is 0 Å². The van der Waals surface area contributed by atoms with Crippen LogP contribution in [-0.4, -0.2) is 110 Å². The van der Waals surface area contributed by atoms with Crippen LogP contribution in [0.4, 0.5) is 0 Å². The third kappa shape index (κ3) is 22.9. The van der Waals surface area contributed by atoms with E-state index < -0.39 is 104 Å². The van der Waals surface area contributed by atoms with Gasteiger partial charge in [0.2, 0.25) is 0 Å². The van der Waals surface area contributed by atoms with Crippen molar-refractivity contribution in [3.8, 4) is 34.5 Å². The molecule has 0 amide bonds. The summed E-state index contributed by atoms with van der Waals surface area (Å²) in [5, 5.41) is 70.1. The second-order valence-electron chi connectivity index (χ2n) is 22.2. The fourth-order valence-electron chi connectivity index (χ4n) is 10.1. The zero-order chi connectivity index (χ0) is 79.2. The van der Waals surface area contributed by atoms with Gasteiger partial charge >= 0.3 is 68.6 Å². The van der Waals surface area contributed by atoms with E-state index in [9.17, 15) is 58.0 Å². The van der Waals surface area contributed by atoms with Gasteiger partial charge in [-0.3, -0.25) is 27.4 Å². The molecule has 0 bridgehead atoms. The average Bonchev–Trinajstić information content (AvgIpc) is 0.727. The quantitative estimate of drug-likeness (QED) is 0.0193. The van der Waals surface area contributed by atoms with E-state index in [0.29, 0.717) is 0 Å². The first-order valence-electron chi connectivity index (χ1n) is 34.5. The van der Waals surface area contributed by atoms with Crippen molar-refractivity contribution < 1.29 is 139 Å². The zero-order valence-electron chi connectivity index (χ0n) is 61.7. The Labute approximate surface area is 629 Å². The molecule has 108 heavy (non-hydrogen) atoms. The Bertz CT molecular complexity index is 3570. The Balaban J connectivity index is 1.66. The van der Waals surface area contributed by atoms with Crippen LogP contribution in [0.1, 0.15) is 152 Å². The molecule has 0 fully saturated rings. The van der Waals surface area contributed by atoms with Crippen molar-refractivity contribution in [1.82, 2.24) is 0 Å². The van der Waals surface area contributed by atoms with E-state index in [1.807, 2.05) is 0 Å². The van der Waals surface area contributed by atoms with Crippen LogP contribution in [0.2, 0.25) is 0 Å². The highest BCUT2D eigenvalue weighted by Gasteiger charge is 2.50. The normalized spacial score (nSPS) is 18.9. The van der Waals surface area contributed by atoms with Crippen molar-refractivity contribution >= 4 is 68.6 Å². The van der Waals surface area contributed by atoms with E-state index in [4.69, 9.17) is 95.0 Å². The largest absolute Gasteiger partial charge is 0.460 e. The number of nitrogens with zero attached hydrogens (tertiary/aromatic N) is 3. The lowest BCUT2D eigenvalue weighted by Gasteiger charge is -2.33. The molecular formula is C66H96N3O30P9. The van der Waals surface area contributed by atoms with Gasteiger partial charge in [0, 0.05) is 0 Å². The molecule has 600 valence electrons. The molecule has 0 saturated carbocycles. The first kappa shape index (κ1) is 90.7. The van der Waals surface area contributed by atoms with Gasteiger partial charge in [0.1, 0.15) is 34.5 Å². The first-order chi connectivity index (χ1) is 51.4. The number of aliphatic hydroxyl groups is 6. The van der Waals surface area contributed by atoms with Crippen molar-refractivity contribution in [3.05, 3.63) is 179 Å². The number of hydrogen-bond acceptors (Lipinski definition) is 33. The highest BCUT2D eigenvalue weighted by Crippen LogP contribution is 2.79. The van der Waals surface area contributed by atoms with Gasteiger partial charge in [-0.05, 0) is 189 Å². The van der Waals surface area contributed by atoms with Gasteiger partial charge in [-0.25, -0.2) is 0 Å². The zero-order valence-corrected chi connectivity index (χ0v) is 69.7. The molecule has 33 nitrogen and oxygen atoms in total. The third-order valence-corrected chi connectivity index (χ3v) is 35.5. The summed E-state index contributed by atoms with van der Waals surface area (Å²) in [6.07, 6.45) is 0. The Kier molecular flexibility index (Phi) is 34.4. The Morgan fingerprint density at radius 2 is 0.324 bits per heavy atom. The van der Waals surface area contributed by atoms with E-state index >= 15 is 0 Å². The van der Waals surface area contributed by atoms with Crippen LogP contribution in [0.15, 0.2) is 159 Å². The predicted molar refractivity (Wildman–Crippen MR) is 405 cm³/mol. The van der Waals surface area contributed by atoms with Gasteiger partial charge in [-0.15, -0.1) is 0 Å². The minimum absolute atomic E-state index is 0.0145. The van der Waals surface area contributed by atoms with E-state index in [0.717, 1.165) is 0 Å². The van der Waals surface area contributed by atoms with Gasteiger partial charge in [0.25, 0.3) is 0 Å². The summed E-state index contributed by atoms with van der Waals surface area (Å²) in [5.41, 5.74) is 0.0872. The second kappa shape index (κ2) is 41.0. The predicted octanol–water partition coefficient (Wildman–Crippen LogP) is 19.9. The molecule has 6 unspecified atom stereocenters. The van der Waals surface area contributed by atoms with Crippen LogP contribution < -0.4 is 27.1 Å². The summed E-state index contributed by atoms with van der Waals surface area (Å²) in [6.45, 7) is 17.6. The van der Waals surface area contributed by atoms with Crippen molar-refractivity contribution in [2.45, 2.75) is 118 Å². The lowest BCUT2D eigenvalue weighted by Crippen LogP contribution is -2.12. The van der Waals surface area contributed by atoms with Crippen molar-refractivity contribution in [2.75, 3.05) is 79.3 Å². The molecule has 6 atom stereocenters. The van der Waals surface area contributed by atoms with E-state index in [1.54, 1.807) is 83.1 Å². The summed E-state index contributed by atoms with van der Waals surface area (Å²) in [6, 6.07) is 31.9. The summed E-state index contributed by atoms with van der Waals surface area (Å²) >= 11 is 0. The molecule has 1 heterocycles. The minimum atomic E-state index is -5.08. The SMILES string of the molecule is CCOP(=O)(OCC)C(O)c1ccc(OP2(Oc3ccc(C(O)P(=O)(OCC)OCC)cc3)=NP(Oc3ccc(C(O)P(=O)(OCC)OCC)cc3)(Oc3ccc(C(O)P(=O)(OCC)OCC)cc3)=NP(Oc3ccc(C(O)P(=O)(OCC)OCC)cc3)(Oc3ccc(C(O)P(=O)(OCC)OCC)cc3)=N2)cc1. The summed E-state index contributed by atoms with van der Waals surface area (Å²) < 4.78 is 209. The van der Waals surface area contributed by atoms with Gasteiger partial charge < -0.3 is 112 Å². The highest BCUT2D eigenvalue weighted by atomic mass is 31.3. The molecular weight excluding hydrogens is 1590 g/mol. The van der Waals surface area contributed by atoms with Crippen LogP contribution in [0, 0.1) is 0 Å².